The highest BCUT2D eigenvalue weighted by Crippen LogP contribution is 2.29. The van der Waals surface area contributed by atoms with Gasteiger partial charge in [0.05, 0.1) is 0 Å². The van der Waals surface area contributed by atoms with Crippen LogP contribution < -0.4 is 0 Å². The van der Waals surface area contributed by atoms with E-state index in [-0.39, 0.29) is 0 Å². The highest BCUT2D eigenvalue weighted by atomic mass is 127. The van der Waals surface area contributed by atoms with Gasteiger partial charge >= 0.3 is 17.9 Å². The molecule has 1 rings (SSSR count). The van der Waals surface area contributed by atoms with Gasteiger partial charge in [0.1, 0.15) is 12.2 Å². The number of hydrogen-bond acceptors (Lipinski definition) is 8. The van der Waals surface area contributed by atoms with Crippen molar-refractivity contribution < 1.29 is 38.1 Å². The number of alkyl halides is 1. The van der Waals surface area contributed by atoms with Gasteiger partial charge in [0.2, 0.25) is 6.29 Å². The van der Waals surface area contributed by atoms with E-state index in [4.69, 9.17) is 23.7 Å². The SMILES string of the molecule is CO[C@H]1[C@@H](OC(C)=O)[C@@H](OC(C)=O)O[C@H](CI)[C@H]1OC(C)=O. The van der Waals surface area contributed by atoms with Crippen molar-refractivity contribution in [2.75, 3.05) is 11.5 Å². The van der Waals surface area contributed by atoms with Crippen molar-refractivity contribution in [1.82, 2.24) is 0 Å². The first-order valence-corrected chi connectivity index (χ1v) is 8.08. The fourth-order valence-corrected chi connectivity index (χ4v) is 2.89. The number of esters is 3. The predicted octanol–water partition coefficient (Wildman–Crippen LogP) is 0.588. The van der Waals surface area contributed by atoms with Gasteiger partial charge in [-0.3, -0.25) is 14.4 Å². The smallest absolute Gasteiger partial charge is 0.305 e. The molecule has 0 unspecified atom stereocenters. The lowest BCUT2D eigenvalue weighted by Gasteiger charge is -2.43. The van der Waals surface area contributed by atoms with Crippen LogP contribution in [-0.4, -0.2) is 60.2 Å². The summed E-state index contributed by atoms with van der Waals surface area (Å²) < 4.78 is 26.9. The van der Waals surface area contributed by atoms with E-state index in [0.29, 0.717) is 4.43 Å². The number of ether oxygens (including phenoxy) is 5. The Morgan fingerprint density at radius 2 is 1.41 bits per heavy atom. The van der Waals surface area contributed by atoms with Crippen LogP contribution in [0.5, 0.6) is 0 Å². The third-order valence-electron chi connectivity index (χ3n) is 2.90. The molecule has 22 heavy (non-hydrogen) atoms. The Labute approximate surface area is 141 Å². The zero-order valence-electron chi connectivity index (χ0n) is 12.7. The zero-order chi connectivity index (χ0) is 16.9. The summed E-state index contributed by atoms with van der Waals surface area (Å²) in [6.45, 7) is 3.69. The number of carbonyl (C=O) groups excluding carboxylic acids is 3. The number of carbonyl (C=O) groups is 3. The van der Waals surface area contributed by atoms with Crippen LogP contribution in [0.25, 0.3) is 0 Å². The van der Waals surface area contributed by atoms with Crippen LogP contribution in [-0.2, 0) is 38.1 Å². The molecule has 5 atom stereocenters. The van der Waals surface area contributed by atoms with Gasteiger partial charge in [-0.05, 0) is 0 Å². The van der Waals surface area contributed by atoms with Crippen LogP contribution in [0.4, 0.5) is 0 Å². The van der Waals surface area contributed by atoms with Crippen LogP contribution in [0.15, 0.2) is 0 Å². The summed E-state index contributed by atoms with van der Waals surface area (Å²) in [6, 6.07) is 0. The van der Waals surface area contributed by atoms with Gasteiger partial charge in [0.25, 0.3) is 0 Å². The highest BCUT2D eigenvalue weighted by molar-refractivity contribution is 14.1. The van der Waals surface area contributed by atoms with Crippen LogP contribution in [0.1, 0.15) is 20.8 Å². The van der Waals surface area contributed by atoms with E-state index in [1.807, 2.05) is 0 Å². The van der Waals surface area contributed by atoms with Gasteiger partial charge in [-0.25, -0.2) is 0 Å². The first-order chi connectivity index (χ1) is 10.3. The lowest BCUT2D eigenvalue weighted by molar-refractivity contribution is -0.292. The molecule has 0 amide bonds. The molecule has 1 aliphatic rings. The fraction of sp³-hybridized carbons (Fsp3) is 0.769. The van der Waals surface area contributed by atoms with E-state index in [1.54, 1.807) is 0 Å². The molecule has 1 aliphatic heterocycles. The van der Waals surface area contributed by atoms with Crippen LogP contribution in [0, 0.1) is 0 Å². The summed E-state index contributed by atoms with van der Waals surface area (Å²) in [5.74, 6) is -1.70. The van der Waals surface area contributed by atoms with Crippen molar-refractivity contribution >= 4 is 40.5 Å². The largest absolute Gasteiger partial charge is 0.457 e. The predicted molar refractivity (Wildman–Crippen MR) is 81.2 cm³/mol. The molecule has 8 nitrogen and oxygen atoms in total. The Hall–Kier alpha value is -0.940. The number of halogens is 1. The lowest BCUT2D eigenvalue weighted by Crippen LogP contribution is -2.62. The molecule has 9 heteroatoms. The zero-order valence-corrected chi connectivity index (χ0v) is 14.9. The molecule has 126 valence electrons. The van der Waals surface area contributed by atoms with Gasteiger partial charge in [-0.1, -0.05) is 22.6 Å². The minimum absolute atomic E-state index is 0.458. The van der Waals surface area contributed by atoms with E-state index in [1.165, 1.54) is 27.9 Å². The van der Waals surface area contributed by atoms with E-state index >= 15 is 0 Å². The van der Waals surface area contributed by atoms with Crippen molar-refractivity contribution in [3.63, 3.8) is 0 Å². The maximum Gasteiger partial charge on any atom is 0.305 e. The molecule has 0 saturated carbocycles. The second-order valence-electron chi connectivity index (χ2n) is 4.66. The summed E-state index contributed by atoms with van der Waals surface area (Å²) in [6.07, 6.45) is -4.32. The summed E-state index contributed by atoms with van der Waals surface area (Å²) in [7, 11) is 1.39. The van der Waals surface area contributed by atoms with Gasteiger partial charge < -0.3 is 23.7 Å². The van der Waals surface area contributed by atoms with E-state index in [9.17, 15) is 14.4 Å². The van der Waals surface area contributed by atoms with Crippen molar-refractivity contribution in [2.24, 2.45) is 0 Å². The van der Waals surface area contributed by atoms with Crippen LogP contribution in [0.3, 0.4) is 0 Å². The summed E-state index contributed by atoms with van der Waals surface area (Å²) in [4.78, 5) is 33.8. The second-order valence-corrected chi connectivity index (χ2v) is 5.54. The molecule has 1 heterocycles. The van der Waals surface area contributed by atoms with Crippen molar-refractivity contribution in [2.45, 2.75) is 51.5 Å². The maximum atomic E-state index is 11.3. The molecular weight excluding hydrogens is 411 g/mol. The number of hydrogen-bond donors (Lipinski definition) is 0. The molecule has 0 aromatic rings. The summed E-state index contributed by atoms with van der Waals surface area (Å²) in [5, 5.41) is 0. The normalized spacial score (nSPS) is 31.2. The van der Waals surface area contributed by atoms with Crippen LogP contribution >= 0.6 is 22.6 Å². The Bertz CT molecular complexity index is 426. The third kappa shape index (κ3) is 5.06. The van der Waals surface area contributed by atoms with Crippen molar-refractivity contribution in [1.29, 1.82) is 0 Å². The molecule has 0 radical (unpaired) electrons. The van der Waals surface area contributed by atoms with Crippen molar-refractivity contribution in [3.05, 3.63) is 0 Å². The van der Waals surface area contributed by atoms with Crippen LogP contribution in [0.2, 0.25) is 0 Å². The Kier molecular flexibility index (Phi) is 7.49. The summed E-state index contributed by atoms with van der Waals surface area (Å²) in [5.41, 5.74) is 0. The Morgan fingerprint density at radius 3 is 1.82 bits per heavy atom. The molecule has 1 saturated heterocycles. The average Bonchev–Trinajstić information content (AvgIpc) is 2.40. The standard InChI is InChI=1S/C13H19IO8/c1-6(15)19-10-9(5-14)22-13(21-8(3)17)12(11(10)18-4)20-7(2)16/h9-13H,5H2,1-4H3/t9-,10-,11-,12-,13+/m1/s1. The molecule has 0 aromatic carbocycles. The molecular formula is C13H19IO8. The summed E-state index contributed by atoms with van der Waals surface area (Å²) >= 11 is 2.05. The lowest BCUT2D eigenvalue weighted by atomic mass is 9.99. The minimum Gasteiger partial charge on any atom is -0.457 e. The molecule has 1 fully saturated rings. The van der Waals surface area contributed by atoms with Gasteiger partial charge in [0, 0.05) is 32.3 Å². The average molecular weight is 430 g/mol. The maximum absolute atomic E-state index is 11.3. The van der Waals surface area contributed by atoms with E-state index in [2.05, 4.69) is 22.6 Å². The molecule has 0 aromatic heterocycles. The second kappa shape index (κ2) is 8.63. The molecule has 0 N–H and O–H groups in total. The molecule has 0 bridgehead atoms. The third-order valence-corrected chi connectivity index (χ3v) is 3.77. The monoisotopic (exact) mass is 430 g/mol. The molecule has 0 spiro atoms. The Balaban J connectivity index is 3.09. The van der Waals surface area contributed by atoms with Gasteiger partial charge in [-0.15, -0.1) is 0 Å². The Morgan fingerprint density at radius 1 is 0.909 bits per heavy atom. The first-order valence-electron chi connectivity index (χ1n) is 6.56. The molecule has 0 aliphatic carbocycles. The number of methoxy groups -OCH3 is 1. The minimum atomic E-state index is -1.13. The number of rotatable bonds is 5. The van der Waals surface area contributed by atoms with Crippen molar-refractivity contribution in [3.8, 4) is 0 Å². The quantitative estimate of drug-likeness (QED) is 0.271. The fourth-order valence-electron chi connectivity index (χ4n) is 2.18. The first kappa shape index (κ1) is 19.1. The van der Waals surface area contributed by atoms with Gasteiger partial charge in [0.15, 0.2) is 12.2 Å². The van der Waals surface area contributed by atoms with Gasteiger partial charge in [-0.2, -0.15) is 0 Å². The van der Waals surface area contributed by atoms with E-state index in [0.717, 1.165) is 0 Å². The van der Waals surface area contributed by atoms with E-state index < -0.39 is 48.6 Å². The highest BCUT2D eigenvalue weighted by Gasteiger charge is 2.51. The topological polar surface area (TPSA) is 97.4 Å².